The molecule has 0 aromatic rings. The van der Waals surface area contributed by atoms with Crippen molar-refractivity contribution >= 4 is 0 Å². The Morgan fingerprint density at radius 1 is 0.955 bits per heavy atom. The van der Waals surface area contributed by atoms with Crippen LogP contribution in [0.15, 0.2) is 0 Å². The van der Waals surface area contributed by atoms with Crippen molar-refractivity contribution in [1.82, 2.24) is 9.80 Å². The largest absolute Gasteiger partial charge is 0.381 e. The van der Waals surface area contributed by atoms with Crippen LogP contribution < -0.4 is 0 Å². The summed E-state index contributed by atoms with van der Waals surface area (Å²) in [6, 6.07) is 0.710. The summed E-state index contributed by atoms with van der Waals surface area (Å²) in [5, 5.41) is 0. The summed E-state index contributed by atoms with van der Waals surface area (Å²) < 4.78 is 5.48. The van der Waals surface area contributed by atoms with Gasteiger partial charge in [0.2, 0.25) is 0 Å². The minimum Gasteiger partial charge on any atom is -0.381 e. The normalized spacial score (nSPS) is 29.9. The maximum Gasteiger partial charge on any atom is 0.0571 e. The number of rotatable bonds is 7. The Labute approximate surface area is 138 Å². The van der Waals surface area contributed by atoms with Crippen molar-refractivity contribution in [2.75, 3.05) is 39.8 Å². The topological polar surface area (TPSA) is 15.7 Å². The minimum atomic E-state index is 0.547. The second-order valence-corrected chi connectivity index (χ2v) is 7.99. The number of methoxy groups -OCH3 is 1. The summed E-state index contributed by atoms with van der Waals surface area (Å²) >= 11 is 0. The van der Waals surface area contributed by atoms with Gasteiger partial charge in [-0.2, -0.15) is 0 Å². The first-order valence-electron chi connectivity index (χ1n) is 9.57. The third-order valence-electron chi connectivity index (χ3n) is 5.90. The van der Waals surface area contributed by atoms with Gasteiger partial charge in [-0.05, 0) is 57.8 Å². The molecular weight excluding hydrogens is 272 g/mol. The van der Waals surface area contributed by atoms with Crippen molar-refractivity contribution < 1.29 is 4.74 Å². The molecule has 0 amide bonds. The van der Waals surface area contributed by atoms with Gasteiger partial charge >= 0.3 is 0 Å². The first kappa shape index (κ1) is 18.2. The summed E-state index contributed by atoms with van der Waals surface area (Å²) in [6.07, 6.45) is 8.73. The SMILES string of the molecule is CO[C@H]1CC[C@H](CC[C@@H](C)CN2CCN(C(C)C)CC2)CC1. The molecule has 1 atom stereocenters. The third-order valence-corrected chi connectivity index (χ3v) is 5.90. The molecule has 1 saturated heterocycles. The Morgan fingerprint density at radius 3 is 2.14 bits per heavy atom. The van der Waals surface area contributed by atoms with Crippen molar-refractivity contribution in [1.29, 1.82) is 0 Å². The molecule has 3 heteroatoms. The van der Waals surface area contributed by atoms with Crippen LogP contribution >= 0.6 is 0 Å². The third kappa shape index (κ3) is 5.82. The van der Waals surface area contributed by atoms with E-state index >= 15 is 0 Å². The fraction of sp³-hybridized carbons (Fsp3) is 1.00. The van der Waals surface area contributed by atoms with Gasteiger partial charge in [-0.15, -0.1) is 0 Å². The van der Waals surface area contributed by atoms with Crippen LogP contribution in [-0.2, 0) is 4.74 Å². The molecule has 130 valence electrons. The lowest BCUT2D eigenvalue weighted by molar-refractivity contribution is 0.0537. The van der Waals surface area contributed by atoms with Gasteiger partial charge < -0.3 is 9.64 Å². The molecule has 3 nitrogen and oxygen atoms in total. The monoisotopic (exact) mass is 310 g/mol. The predicted octanol–water partition coefficient (Wildman–Crippen LogP) is 3.63. The van der Waals surface area contributed by atoms with Crippen molar-refractivity contribution in [3.05, 3.63) is 0 Å². The lowest BCUT2D eigenvalue weighted by atomic mass is 9.83. The van der Waals surface area contributed by atoms with Gasteiger partial charge in [0.05, 0.1) is 6.10 Å². The van der Waals surface area contributed by atoms with Crippen LogP contribution in [0.3, 0.4) is 0 Å². The van der Waals surface area contributed by atoms with Gasteiger partial charge in [-0.1, -0.05) is 13.3 Å². The first-order chi connectivity index (χ1) is 10.6. The summed E-state index contributed by atoms with van der Waals surface area (Å²) in [4.78, 5) is 5.29. The molecule has 0 aromatic heterocycles. The number of piperazine rings is 1. The quantitative estimate of drug-likeness (QED) is 0.714. The van der Waals surface area contributed by atoms with Gasteiger partial charge in [0, 0.05) is 45.9 Å². The second-order valence-electron chi connectivity index (χ2n) is 7.99. The zero-order valence-electron chi connectivity index (χ0n) is 15.4. The first-order valence-corrected chi connectivity index (χ1v) is 9.57. The summed E-state index contributed by atoms with van der Waals surface area (Å²) in [6.45, 7) is 13.4. The molecule has 22 heavy (non-hydrogen) atoms. The van der Waals surface area contributed by atoms with Crippen LogP contribution in [0.2, 0.25) is 0 Å². The number of hydrogen-bond donors (Lipinski definition) is 0. The average molecular weight is 311 g/mol. The average Bonchev–Trinajstić information content (AvgIpc) is 2.54. The molecule has 0 aromatic carbocycles. The molecule has 1 saturated carbocycles. The van der Waals surface area contributed by atoms with Gasteiger partial charge in [-0.25, -0.2) is 0 Å². The van der Waals surface area contributed by atoms with Crippen LogP contribution in [0.5, 0.6) is 0 Å². The van der Waals surface area contributed by atoms with E-state index < -0.39 is 0 Å². The highest BCUT2D eigenvalue weighted by atomic mass is 16.5. The number of ether oxygens (including phenoxy) is 1. The van der Waals surface area contributed by atoms with Crippen molar-refractivity contribution in [3.8, 4) is 0 Å². The van der Waals surface area contributed by atoms with E-state index in [9.17, 15) is 0 Å². The highest BCUT2D eigenvalue weighted by Crippen LogP contribution is 2.30. The molecule has 0 bridgehead atoms. The van der Waals surface area contributed by atoms with E-state index in [-0.39, 0.29) is 0 Å². The van der Waals surface area contributed by atoms with Gasteiger partial charge in [0.15, 0.2) is 0 Å². The second kappa shape index (κ2) is 9.24. The fourth-order valence-electron chi connectivity index (χ4n) is 4.17. The molecule has 0 unspecified atom stereocenters. The molecule has 1 aliphatic heterocycles. The van der Waals surface area contributed by atoms with E-state index in [1.54, 1.807) is 0 Å². The molecule has 0 spiro atoms. The molecule has 1 heterocycles. The zero-order valence-corrected chi connectivity index (χ0v) is 15.4. The smallest absolute Gasteiger partial charge is 0.0571 e. The zero-order chi connectivity index (χ0) is 15.9. The van der Waals surface area contributed by atoms with E-state index in [4.69, 9.17) is 4.74 Å². The van der Waals surface area contributed by atoms with E-state index in [1.807, 2.05) is 7.11 Å². The molecule has 0 radical (unpaired) electrons. The van der Waals surface area contributed by atoms with Crippen LogP contribution in [0.25, 0.3) is 0 Å². The van der Waals surface area contributed by atoms with E-state index in [0.717, 1.165) is 11.8 Å². The molecule has 1 aliphatic carbocycles. The van der Waals surface area contributed by atoms with Crippen molar-refractivity contribution in [2.45, 2.75) is 71.4 Å². The van der Waals surface area contributed by atoms with Crippen LogP contribution in [0, 0.1) is 11.8 Å². The summed E-state index contributed by atoms with van der Waals surface area (Å²) in [7, 11) is 1.87. The number of nitrogens with zero attached hydrogens (tertiary/aromatic N) is 2. The molecule has 2 rings (SSSR count). The summed E-state index contributed by atoms with van der Waals surface area (Å²) in [5.41, 5.74) is 0. The Balaban J connectivity index is 1.58. The van der Waals surface area contributed by atoms with E-state index in [1.165, 1.54) is 71.2 Å². The predicted molar refractivity (Wildman–Crippen MR) is 94.3 cm³/mol. The number of hydrogen-bond acceptors (Lipinski definition) is 3. The van der Waals surface area contributed by atoms with Gasteiger partial charge in [-0.3, -0.25) is 4.90 Å². The van der Waals surface area contributed by atoms with Crippen LogP contribution in [0.1, 0.15) is 59.3 Å². The van der Waals surface area contributed by atoms with Gasteiger partial charge in [0.25, 0.3) is 0 Å². The minimum absolute atomic E-state index is 0.547. The maximum absolute atomic E-state index is 5.48. The lowest BCUT2D eigenvalue weighted by Crippen LogP contribution is -2.49. The summed E-state index contributed by atoms with van der Waals surface area (Å²) in [5.74, 6) is 1.82. The Morgan fingerprint density at radius 2 is 1.59 bits per heavy atom. The van der Waals surface area contributed by atoms with E-state index in [0.29, 0.717) is 12.1 Å². The molecular formula is C19H38N2O. The fourth-order valence-corrected chi connectivity index (χ4v) is 4.17. The highest BCUT2D eigenvalue weighted by molar-refractivity contribution is 4.77. The Bertz CT molecular complexity index is 292. The van der Waals surface area contributed by atoms with Crippen molar-refractivity contribution in [2.24, 2.45) is 11.8 Å². The van der Waals surface area contributed by atoms with Crippen LogP contribution in [0.4, 0.5) is 0 Å². The van der Waals surface area contributed by atoms with Crippen molar-refractivity contribution in [3.63, 3.8) is 0 Å². The Hall–Kier alpha value is -0.120. The van der Waals surface area contributed by atoms with Crippen LogP contribution in [-0.4, -0.2) is 61.8 Å². The van der Waals surface area contributed by atoms with Gasteiger partial charge in [0.1, 0.15) is 0 Å². The Kier molecular flexibility index (Phi) is 7.66. The highest BCUT2D eigenvalue weighted by Gasteiger charge is 2.23. The molecule has 2 fully saturated rings. The van der Waals surface area contributed by atoms with E-state index in [2.05, 4.69) is 30.6 Å². The maximum atomic E-state index is 5.48. The standard InChI is InChI=1S/C19H38N2O/c1-16(2)21-13-11-20(12-14-21)15-17(3)5-6-18-7-9-19(22-4)10-8-18/h16-19H,5-15H2,1-4H3/t17-,18-,19-/m1/s1. The molecule has 2 aliphatic rings. The lowest BCUT2D eigenvalue weighted by Gasteiger charge is -2.38. The molecule has 0 N–H and O–H groups in total.